The highest BCUT2D eigenvalue weighted by Crippen LogP contribution is 2.34. The topological polar surface area (TPSA) is 36.4 Å². The molecule has 1 unspecified atom stereocenters. The maximum Gasteiger partial charge on any atom is 0.186 e. The third-order valence-corrected chi connectivity index (χ3v) is 4.58. The van der Waals surface area contributed by atoms with Crippen LogP contribution < -0.4 is 4.90 Å². The van der Waals surface area contributed by atoms with Crippen molar-refractivity contribution in [2.45, 2.75) is 32.3 Å². The van der Waals surface area contributed by atoms with Gasteiger partial charge < -0.3 is 10.0 Å². The highest BCUT2D eigenvalue weighted by atomic mass is 32.1. The first-order valence-corrected chi connectivity index (χ1v) is 7.29. The number of hydrogen-bond acceptors (Lipinski definition) is 4. The number of rotatable bonds is 2. The molecule has 1 aliphatic rings. The predicted molar refractivity (Wildman–Crippen MR) is 76.5 cm³/mol. The number of aliphatic hydroxyl groups is 1. The first-order chi connectivity index (χ1) is 8.65. The Hall–Kier alpha value is -1.13. The van der Waals surface area contributed by atoms with Crippen molar-refractivity contribution < 1.29 is 5.11 Å². The van der Waals surface area contributed by atoms with Crippen LogP contribution in [0.4, 0.5) is 5.13 Å². The zero-order valence-electron chi connectivity index (χ0n) is 10.8. The van der Waals surface area contributed by atoms with Gasteiger partial charge in [0.1, 0.15) is 0 Å². The van der Waals surface area contributed by atoms with E-state index in [9.17, 15) is 5.11 Å². The number of para-hydroxylation sites is 1. The van der Waals surface area contributed by atoms with Gasteiger partial charge in [0.05, 0.1) is 16.3 Å². The molecule has 1 aromatic carbocycles. The van der Waals surface area contributed by atoms with Gasteiger partial charge in [-0.25, -0.2) is 4.98 Å². The molecule has 96 valence electrons. The standard InChI is InChI=1S/C14H18N2OS/c1-9(2)11-4-3-5-12-13(11)15-14(18-12)16-7-6-10(17)8-16/h3-5,9-10,17H,6-8H2,1-2H3. The molecule has 0 bridgehead atoms. The number of fused-ring (bicyclic) bond motifs is 1. The van der Waals surface area contributed by atoms with Gasteiger partial charge in [-0.1, -0.05) is 37.3 Å². The molecule has 1 aromatic heterocycles. The monoisotopic (exact) mass is 262 g/mol. The van der Waals surface area contributed by atoms with Gasteiger partial charge in [0, 0.05) is 13.1 Å². The van der Waals surface area contributed by atoms with E-state index in [1.165, 1.54) is 10.3 Å². The molecule has 1 aliphatic heterocycles. The molecule has 0 saturated carbocycles. The summed E-state index contributed by atoms with van der Waals surface area (Å²) in [6.45, 7) is 6.04. The summed E-state index contributed by atoms with van der Waals surface area (Å²) < 4.78 is 1.25. The van der Waals surface area contributed by atoms with Crippen LogP contribution in [0.3, 0.4) is 0 Å². The van der Waals surface area contributed by atoms with Crippen LogP contribution in [0.2, 0.25) is 0 Å². The molecule has 2 heterocycles. The normalized spacial score (nSPS) is 20.2. The van der Waals surface area contributed by atoms with Gasteiger partial charge in [-0.3, -0.25) is 0 Å². The Bertz CT molecular complexity index is 564. The molecule has 0 spiro atoms. The first-order valence-electron chi connectivity index (χ1n) is 6.47. The van der Waals surface area contributed by atoms with Gasteiger partial charge in [-0.05, 0) is 24.0 Å². The third-order valence-electron chi connectivity index (χ3n) is 3.49. The Kier molecular flexibility index (Phi) is 2.99. The fourth-order valence-corrected chi connectivity index (χ4v) is 3.51. The van der Waals surface area contributed by atoms with Crippen LogP contribution >= 0.6 is 11.3 Å². The minimum absolute atomic E-state index is 0.193. The summed E-state index contributed by atoms with van der Waals surface area (Å²) in [5.74, 6) is 0.493. The van der Waals surface area contributed by atoms with Gasteiger partial charge in [-0.2, -0.15) is 0 Å². The van der Waals surface area contributed by atoms with Crippen molar-refractivity contribution in [3.63, 3.8) is 0 Å². The third kappa shape index (κ3) is 1.99. The maximum absolute atomic E-state index is 9.61. The second-order valence-electron chi connectivity index (χ2n) is 5.23. The number of aliphatic hydroxyl groups excluding tert-OH is 1. The van der Waals surface area contributed by atoms with Crippen LogP contribution in [0, 0.1) is 0 Å². The number of thiazole rings is 1. The lowest BCUT2D eigenvalue weighted by atomic mass is 10.0. The molecule has 0 amide bonds. The quantitative estimate of drug-likeness (QED) is 0.904. The minimum atomic E-state index is -0.193. The fraction of sp³-hybridized carbons (Fsp3) is 0.500. The van der Waals surface area contributed by atoms with Crippen molar-refractivity contribution in [3.8, 4) is 0 Å². The Labute approximate surface area is 111 Å². The number of aromatic nitrogens is 1. The van der Waals surface area contributed by atoms with Gasteiger partial charge in [0.2, 0.25) is 0 Å². The second kappa shape index (κ2) is 4.52. The van der Waals surface area contributed by atoms with E-state index in [0.29, 0.717) is 5.92 Å². The van der Waals surface area contributed by atoms with Crippen LogP contribution in [0.1, 0.15) is 31.7 Å². The second-order valence-corrected chi connectivity index (χ2v) is 6.24. The van der Waals surface area contributed by atoms with Crippen molar-refractivity contribution in [3.05, 3.63) is 23.8 Å². The zero-order chi connectivity index (χ0) is 12.7. The van der Waals surface area contributed by atoms with E-state index >= 15 is 0 Å². The summed E-state index contributed by atoms with van der Waals surface area (Å²) in [6.07, 6.45) is 0.661. The van der Waals surface area contributed by atoms with Crippen LogP contribution in [0.15, 0.2) is 18.2 Å². The van der Waals surface area contributed by atoms with E-state index in [4.69, 9.17) is 4.98 Å². The molecule has 3 rings (SSSR count). The molecule has 1 fully saturated rings. The summed E-state index contributed by atoms with van der Waals surface area (Å²) in [6, 6.07) is 6.41. The Morgan fingerprint density at radius 3 is 2.94 bits per heavy atom. The smallest absolute Gasteiger partial charge is 0.186 e. The molecule has 1 saturated heterocycles. The van der Waals surface area contributed by atoms with E-state index in [-0.39, 0.29) is 6.10 Å². The SMILES string of the molecule is CC(C)c1cccc2sc(N3CCC(O)C3)nc12. The van der Waals surface area contributed by atoms with Crippen molar-refractivity contribution in [1.29, 1.82) is 0 Å². The lowest BCUT2D eigenvalue weighted by molar-refractivity contribution is 0.198. The Morgan fingerprint density at radius 1 is 1.44 bits per heavy atom. The van der Waals surface area contributed by atoms with Crippen LogP contribution in [-0.2, 0) is 0 Å². The molecule has 3 nitrogen and oxygen atoms in total. The molecule has 18 heavy (non-hydrogen) atoms. The van der Waals surface area contributed by atoms with E-state index in [1.807, 2.05) is 0 Å². The van der Waals surface area contributed by atoms with E-state index < -0.39 is 0 Å². The number of anilines is 1. The molecule has 1 atom stereocenters. The first kappa shape index (κ1) is 11.9. The van der Waals surface area contributed by atoms with E-state index in [1.54, 1.807) is 11.3 Å². The average molecular weight is 262 g/mol. The fourth-order valence-electron chi connectivity index (χ4n) is 2.47. The van der Waals surface area contributed by atoms with Gasteiger partial charge in [-0.15, -0.1) is 0 Å². The van der Waals surface area contributed by atoms with E-state index in [2.05, 4.69) is 36.9 Å². The van der Waals surface area contributed by atoms with Gasteiger partial charge in [0.15, 0.2) is 5.13 Å². The Balaban J connectivity index is 2.03. The largest absolute Gasteiger partial charge is 0.391 e. The van der Waals surface area contributed by atoms with Crippen LogP contribution in [0.5, 0.6) is 0 Å². The molecular formula is C14H18N2OS. The lowest BCUT2D eigenvalue weighted by Gasteiger charge is -2.12. The number of benzene rings is 1. The maximum atomic E-state index is 9.61. The predicted octanol–water partition coefficient (Wildman–Crippen LogP) is 2.99. The van der Waals surface area contributed by atoms with Gasteiger partial charge >= 0.3 is 0 Å². The van der Waals surface area contributed by atoms with Gasteiger partial charge in [0.25, 0.3) is 0 Å². The lowest BCUT2D eigenvalue weighted by Crippen LogP contribution is -2.20. The summed E-state index contributed by atoms with van der Waals surface area (Å²) in [5.41, 5.74) is 2.45. The Morgan fingerprint density at radius 2 is 2.28 bits per heavy atom. The van der Waals surface area contributed by atoms with Crippen molar-refractivity contribution in [2.75, 3.05) is 18.0 Å². The number of hydrogen-bond donors (Lipinski definition) is 1. The van der Waals surface area contributed by atoms with Crippen molar-refractivity contribution in [1.82, 2.24) is 4.98 Å². The molecule has 1 N–H and O–H groups in total. The van der Waals surface area contributed by atoms with Crippen molar-refractivity contribution >= 4 is 26.7 Å². The summed E-state index contributed by atoms with van der Waals surface area (Å²) >= 11 is 1.73. The minimum Gasteiger partial charge on any atom is -0.391 e. The highest BCUT2D eigenvalue weighted by Gasteiger charge is 2.23. The summed E-state index contributed by atoms with van der Waals surface area (Å²) in [5, 5.41) is 10.7. The molecular weight excluding hydrogens is 244 g/mol. The zero-order valence-corrected chi connectivity index (χ0v) is 11.6. The molecule has 4 heteroatoms. The highest BCUT2D eigenvalue weighted by molar-refractivity contribution is 7.22. The van der Waals surface area contributed by atoms with Crippen LogP contribution in [-0.4, -0.2) is 29.3 Å². The van der Waals surface area contributed by atoms with E-state index in [0.717, 1.165) is 30.2 Å². The molecule has 0 radical (unpaired) electrons. The average Bonchev–Trinajstić information content (AvgIpc) is 2.93. The molecule has 0 aliphatic carbocycles. The van der Waals surface area contributed by atoms with Crippen molar-refractivity contribution in [2.24, 2.45) is 0 Å². The summed E-state index contributed by atoms with van der Waals surface area (Å²) in [7, 11) is 0. The van der Waals surface area contributed by atoms with Crippen LogP contribution in [0.25, 0.3) is 10.2 Å². The summed E-state index contributed by atoms with van der Waals surface area (Å²) in [4.78, 5) is 6.98. The number of nitrogens with zero attached hydrogens (tertiary/aromatic N) is 2. The number of β-amino-alcohol motifs (C(OH)–C–C–N with tert-alkyl or cyclic N) is 1. The molecule has 2 aromatic rings.